The van der Waals surface area contributed by atoms with Gasteiger partial charge in [-0.25, -0.2) is 4.39 Å². The van der Waals surface area contributed by atoms with Crippen molar-refractivity contribution in [3.8, 4) is 5.75 Å². The topological polar surface area (TPSA) is 56.8 Å². The molecule has 0 aliphatic carbocycles. The van der Waals surface area contributed by atoms with Crippen LogP contribution in [-0.2, 0) is 19.7 Å². The molecular weight excluding hydrogens is 385 g/mol. The first kappa shape index (κ1) is 20.6. The monoisotopic (exact) mass is 407 g/mol. The molecule has 1 aliphatic rings. The van der Waals surface area contributed by atoms with E-state index in [4.69, 9.17) is 25.8 Å². The lowest BCUT2D eigenvalue weighted by Crippen LogP contribution is -2.44. The van der Waals surface area contributed by atoms with Crippen LogP contribution in [0.15, 0.2) is 42.5 Å². The zero-order valence-corrected chi connectivity index (χ0v) is 16.4. The molecule has 1 fully saturated rings. The molecule has 0 saturated carbocycles. The van der Waals surface area contributed by atoms with Gasteiger partial charge in [0.15, 0.2) is 0 Å². The normalized spacial score (nSPS) is 15.8. The molecule has 150 valence electrons. The highest BCUT2D eigenvalue weighted by Gasteiger charge is 2.41. The van der Waals surface area contributed by atoms with E-state index in [0.29, 0.717) is 55.7 Å². The van der Waals surface area contributed by atoms with Gasteiger partial charge < -0.3 is 19.5 Å². The van der Waals surface area contributed by atoms with Gasteiger partial charge in [0.2, 0.25) is 5.91 Å². The van der Waals surface area contributed by atoms with Crippen molar-refractivity contribution in [1.29, 1.82) is 0 Å². The third-order valence-electron chi connectivity index (χ3n) is 4.91. The number of halogens is 2. The van der Waals surface area contributed by atoms with Crippen LogP contribution in [0.2, 0.25) is 5.02 Å². The quantitative estimate of drug-likeness (QED) is 0.699. The summed E-state index contributed by atoms with van der Waals surface area (Å²) in [5.74, 6) is 0.0322. The summed E-state index contributed by atoms with van der Waals surface area (Å²) in [5.41, 5.74) is 0.578. The van der Waals surface area contributed by atoms with Gasteiger partial charge in [0.05, 0.1) is 17.0 Å². The van der Waals surface area contributed by atoms with Gasteiger partial charge in [0.25, 0.3) is 0 Å². The third kappa shape index (κ3) is 4.63. The van der Waals surface area contributed by atoms with E-state index in [2.05, 4.69) is 5.32 Å². The van der Waals surface area contributed by atoms with Crippen molar-refractivity contribution < 1.29 is 23.4 Å². The van der Waals surface area contributed by atoms with E-state index in [1.165, 1.54) is 12.1 Å². The Labute approximate surface area is 168 Å². The highest BCUT2D eigenvalue weighted by atomic mass is 35.5. The van der Waals surface area contributed by atoms with E-state index < -0.39 is 5.41 Å². The molecular formula is C21H23ClFNO4. The lowest BCUT2D eigenvalue weighted by Gasteiger charge is -2.36. The van der Waals surface area contributed by atoms with Gasteiger partial charge in [-0.1, -0.05) is 23.7 Å². The molecule has 0 bridgehead atoms. The molecule has 1 aliphatic heterocycles. The minimum Gasteiger partial charge on any atom is -0.490 e. The molecule has 5 nitrogen and oxygen atoms in total. The van der Waals surface area contributed by atoms with Crippen molar-refractivity contribution >= 4 is 23.2 Å². The summed E-state index contributed by atoms with van der Waals surface area (Å²) in [4.78, 5) is 13.2. The van der Waals surface area contributed by atoms with E-state index in [-0.39, 0.29) is 11.7 Å². The average molecular weight is 408 g/mol. The molecule has 1 N–H and O–H groups in total. The maximum absolute atomic E-state index is 13.4. The van der Waals surface area contributed by atoms with Gasteiger partial charge in [0, 0.05) is 26.0 Å². The van der Waals surface area contributed by atoms with Crippen LogP contribution in [0.1, 0.15) is 18.4 Å². The molecule has 2 aromatic carbocycles. The van der Waals surface area contributed by atoms with E-state index in [1.54, 1.807) is 37.4 Å². The molecule has 1 amide bonds. The minimum atomic E-state index is -0.772. The summed E-state index contributed by atoms with van der Waals surface area (Å²) < 4.78 is 29.3. The summed E-state index contributed by atoms with van der Waals surface area (Å²) >= 11 is 6.27. The summed E-state index contributed by atoms with van der Waals surface area (Å²) in [7, 11) is 1.59. The van der Waals surface area contributed by atoms with Crippen LogP contribution in [0.25, 0.3) is 0 Å². The number of ether oxygens (including phenoxy) is 3. The van der Waals surface area contributed by atoms with Crippen LogP contribution in [0.5, 0.6) is 5.75 Å². The number of rotatable bonds is 7. The van der Waals surface area contributed by atoms with Gasteiger partial charge >= 0.3 is 0 Å². The number of hydrogen-bond acceptors (Lipinski definition) is 4. The lowest BCUT2D eigenvalue weighted by molar-refractivity contribution is -0.125. The Hall–Kier alpha value is -2.15. The molecule has 0 atom stereocenters. The van der Waals surface area contributed by atoms with Crippen LogP contribution in [0.4, 0.5) is 10.1 Å². The molecule has 1 heterocycles. The predicted molar refractivity (Wildman–Crippen MR) is 106 cm³/mol. The van der Waals surface area contributed by atoms with Crippen LogP contribution in [0, 0.1) is 5.82 Å². The smallest absolute Gasteiger partial charge is 0.235 e. The number of methoxy groups -OCH3 is 1. The SMILES string of the molecule is COCCOc1ccc(NC(=O)C2(c3ccc(F)cc3)CCOCC2)cc1Cl. The fourth-order valence-corrected chi connectivity index (χ4v) is 3.55. The highest BCUT2D eigenvalue weighted by Crippen LogP contribution is 2.37. The molecule has 0 spiro atoms. The van der Waals surface area contributed by atoms with E-state index in [1.807, 2.05) is 0 Å². The fraction of sp³-hybridized carbons (Fsp3) is 0.381. The average Bonchev–Trinajstić information content (AvgIpc) is 2.71. The second-order valence-electron chi connectivity index (χ2n) is 6.64. The molecule has 7 heteroatoms. The van der Waals surface area contributed by atoms with Crippen molar-refractivity contribution in [3.63, 3.8) is 0 Å². The number of amides is 1. The maximum Gasteiger partial charge on any atom is 0.235 e. The minimum absolute atomic E-state index is 0.161. The number of hydrogen-bond donors (Lipinski definition) is 1. The zero-order chi connectivity index (χ0) is 20.0. The number of nitrogens with one attached hydrogen (secondary N) is 1. The first-order valence-electron chi connectivity index (χ1n) is 9.12. The zero-order valence-electron chi connectivity index (χ0n) is 15.7. The van der Waals surface area contributed by atoms with Crippen LogP contribution in [-0.4, -0.2) is 39.4 Å². The van der Waals surface area contributed by atoms with Gasteiger partial charge in [-0.2, -0.15) is 0 Å². The van der Waals surface area contributed by atoms with E-state index in [0.717, 1.165) is 5.56 Å². The van der Waals surface area contributed by atoms with Crippen LogP contribution >= 0.6 is 11.6 Å². The number of benzene rings is 2. The van der Waals surface area contributed by atoms with Crippen LogP contribution in [0.3, 0.4) is 0 Å². The van der Waals surface area contributed by atoms with Crippen molar-refractivity contribution in [2.24, 2.45) is 0 Å². The summed E-state index contributed by atoms with van der Waals surface area (Å²) in [6.07, 6.45) is 1.05. The first-order chi connectivity index (χ1) is 13.5. The molecule has 0 aromatic heterocycles. The van der Waals surface area contributed by atoms with Gasteiger partial charge in [0.1, 0.15) is 18.2 Å². The second-order valence-corrected chi connectivity index (χ2v) is 7.05. The van der Waals surface area contributed by atoms with Crippen LogP contribution < -0.4 is 10.1 Å². The third-order valence-corrected chi connectivity index (χ3v) is 5.21. The Morgan fingerprint density at radius 1 is 1.18 bits per heavy atom. The summed E-state index contributed by atoms with van der Waals surface area (Å²) in [5, 5.41) is 3.35. The molecule has 0 radical (unpaired) electrons. The molecule has 28 heavy (non-hydrogen) atoms. The number of anilines is 1. The van der Waals surface area contributed by atoms with Crippen molar-refractivity contribution in [1.82, 2.24) is 0 Å². The van der Waals surface area contributed by atoms with Crippen molar-refractivity contribution in [3.05, 3.63) is 58.9 Å². The van der Waals surface area contributed by atoms with E-state index in [9.17, 15) is 9.18 Å². The Morgan fingerprint density at radius 2 is 1.89 bits per heavy atom. The van der Waals surface area contributed by atoms with Gasteiger partial charge in [-0.15, -0.1) is 0 Å². The van der Waals surface area contributed by atoms with Crippen molar-refractivity contribution in [2.45, 2.75) is 18.3 Å². The summed E-state index contributed by atoms with van der Waals surface area (Å²) in [6.45, 7) is 1.78. The molecule has 3 rings (SSSR count). The molecule has 2 aromatic rings. The van der Waals surface area contributed by atoms with Gasteiger partial charge in [-0.3, -0.25) is 4.79 Å². The second kappa shape index (κ2) is 9.37. The molecule has 1 saturated heterocycles. The number of carbonyl (C=O) groups is 1. The van der Waals surface area contributed by atoms with Gasteiger partial charge in [-0.05, 0) is 48.7 Å². The van der Waals surface area contributed by atoms with E-state index >= 15 is 0 Å². The fourth-order valence-electron chi connectivity index (χ4n) is 3.32. The summed E-state index contributed by atoms with van der Waals surface area (Å²) in [6, 6.07) is 11.2. The Bertz CT molecular complexity index is 807. The first-order valence-corrected chi connectivity index (χ1v) is 9.49. The Balaban J connectivity index is 1.79. The standard InChI is InChI=1S/C21H23ClFNO4/c1-26-12-13-28-19-7-6-17(14-18(19)22)24-20(25)21(8-10-27-11-9-21)15-2-4-16(23)5-3-15/h2-7,14H,8-13H2,1H3,(H,24,25). The van der Waals surface area contributed by atoms with Crippen molar-refractivity contribution in [2.75, 3.05) is 38.9 Å². The maximum atomic E-state index is 13.4. The number of carbonyl (C=O) groups excluding carboxylic acids is 1. The largest absolute Gasteiger partial charge is 0.490 e. The lowest BCUT2D eigenvalue weighted by atomic mass is 9.73. The highest BCUT2D eigenvalue weighted by molar-refractivity contribution is 6.32. The Morgan fingerprint density at radius 3 is 2.54 bits per heavy atom. The Kier molecular flexibility index (Phi) is 6.88. The molecule has 0 unspecified atom stereocenters. The predicted octanol–water partition coefficient (Wildman–Crippen LogP) is 4.19.